The highest BCUT2D eigenvalue weighted by atomic mass is 16.5. The van der Waals surface area contributed by atoms with E-state index in [-0.39, 0.29) is 0 Å². The molecule has 1 heterocycles. The van der Waals surface area contributed by atoms with Crippen molar-refractivity contribution in [2.45, 2.75) is 19.1 Å². The molecule has 3 rings (SSSR count). The van der Waals surface area contributed by atoms with Crippen LogP contribution in [0.25, 0.3) is 0 Å². The van der Waals surface area contributed by atoms with Gasteiger partial charge in [0.15, 0.2) is 0 Å². The van der Waals surface area contributed by atoms with Crippen molar-refractivity contribution in [3.63, 3.8) is 0 Å². The second kappa shape index (κ2) is 8.67. The maximum Gasteiger partial charge on any atom is 0.120 e. The van der Waals surface area contributed by atoms with E-state index < -0.39 is 0 Å². The summed E-state index contributed by atoms with van der Waals surface area (Å²) in [6, 6.07) is 19.2. The van der Waals surface area contributed by atoms with Crippen LogP contribution in [-0.2, 0) is 6.61 Å². The molecule has 0 bridgehead atoms. The first-order valence-corrected chi connectivity index (χ1v) is 8.69. The summed E-state index contributed by atoms with van der Waals surface area (Å²) in [5.74, 6) is 0.931. The van der Waals surface area contributed by atoms with Crippen molar-refractivity contribution in [2.75, 3.05) is 26.2 Å². The minimum Gasteiger partial charge on any atom is -0.489 e. The summed E-state index contributed by atoms with van der Waals surface area (Å²) in [4.78, 5) is 2.54. The molecule has 0 unspecified atom stereocenters. The van der Waals surface area contributed by atoms with Gasteiger partial charge in [-0.3, -0.25) is 4.90 Å². The van der Waals surface area contributed by atoms with E-state index in [9.17, 15) is 0 Å². The van der Waals surface area contributed by atoms with Crippen LogP contribution in [-0.4, -0.2) is 31.1 Å². The maximum atomic E-state index is 5.99. The molecule has 0 spiro atoms. The molecule has 1 fully saturated rings. The maximum absolute atomic E-state index is 5.99. The van der Waals surface area contributed by atoms with Gasteiger partial charge in [-0.25, -0.2) is 0 Å². The molecule has 2 aromatic carbocycles. The van der Waals surface area contributed by atoms with Crippen LogP contribution in [0.1, 0.15) is 23.6 Å². The zero-order chi connectivity index (χ0) is 16.6. The molecule has 3 nitrogen and oxygen atoms in total. The van der Waals surface area contributed by atoms with E-state index in [1.54, 1.807) is 0 Å². The third kappa shape index (κ3) is 4.47. The van der Waals surface area contributed by atoms with Gasteiger partial charge in [-0.1, -0.05) is 48.5 Å². The Morgan fingerprint density at radius 2 is 1.88 bits per heavy atom. The molecule has 126 valence electrons. The topological polar surface area (TPSA) is 24.5 Å². The first-order valence-electron chi connectivity index (χ1n) is 8.69. The predicted octanol–water partition coefficient (Wildman–Crippen LogP) is 3.79. The number of nitrogens with zero attached hydrogens (tertiary/aromatic N) is 1. The summed E-state index contributed by atoms with van der Waals surface area (Å²) in [6.45, 7) is 8.81. The Kier molecular flexibility index (Phi) is 6.05. The summed E-state index contributed by atoms with van der Waals surface area (Å²) in [5.41, 5.74) is 2.50. The largest absolute Gasteiger partial charge is 0.489 e. The Morgan fingerprint density at radius 1 is 1.08 bits per heavy atom. The molecule has 1 N–H and O–H groups in total. The minimum absolute atomic E-state index is 0.380. The number of hydrogen-bond acceptors (Lipinski definition) is 3. The highest BCUT2D eigenvalue weighted by molar-refractivity contribution is 5.31. The van der Waals surface area contributed by atoms with Crippen LogP contribution in [0.3, 0.4) is 0 Å². The van der Waals surface area contributed by atoms with Crippen molar-refractivity contribution < 1.29 is 4.74 Å². The summed E-state index contributed by atoms with van der Waals surface area (Å²) in [6.07, 6.45) is 2.98. The fourth-order valence-electron chi connectivity index (χ4n) is 3.20. The molecule has 0 aliphatic carbocycles. The average Bonchev–Trinajstić information content (AvgIpc) is 2.66. The number of hydrogen-bond donors (Lipinski definition) is 1. The van der Waals surface area contributed by atoms with Crippen LogP contribution in [0.5, 0.6) is 5.75 Å². The number of piperazine rings is 1. The predicted molar refractivity (Wildman–Crippen MR) is 99.2 cm³/mol. The van der Waals surface area contributed by atoms with E-state index in [1.807, 2.05) is 30.3 Å². The van der Waals surface area contributed by atoms with Crippen LogP contribution in [0, 0.1) is 0 Å². The highest BCUT2D eigenvalue weighted by Gasteiger charge is 2.21. The molecule has 1 aliphatic heterocycles. The van der Waals surface area contributed by atoms with Gasteiger partial charge in [-0.15, -0.1) is 6.58 Å². The van der Waals surface area contributed by atoms with Crippen molar-refractivity contribution >= 4 is 0 Å². The van der Waals surface area contributed by atoms with Gasteiger partial charge in [0.25, 0.3) is 0 Å². The molecule has 2 aromatic rings. The van der Waals surface area contributed by atoms with Crippen molar-refractivity contribution in [3.05, 3.63) is 78.4 Å². The van der Waals surface area contributed by atoms with Crippen LogP contribution >= 0.6 is 0 Å². The van der Waals surface area contributed by atoms with Gasteiger partial charge in [0, 0.05) is 32.2 Å². The van der Waals surface area contributed by atoms with Crippen molar-refractivity contribution in [1.82, 2.24) is 10.2 Å². The standard InChI is InChI=1S/C21H26N2O/c1-2-7-21(23-14-12-22-13-15-23)19-10-6-11-20(16-19)24-17-18-8-4-3-5-9-18/h2-6,8-11,16,21-22H,1,7,12-15,17H2/t21-/m0/s1. The number of nitrogens with one attached hydrogen (secondary N) is 1. The minimum atomic E-state index is 0.380. The van der Waals surface area contributed by atoms with Crippen LogP contribution < -0.4 is 10.1 Å². The quantitative estimate of drug-likeness (QED) is 0.785. The van der Waals surface area contributed by atoms with Crippen molar-refractivity contribution in [1.29, 1.82) is 0 Å². The molecule has 3 heteroatoms. The van der Waals surface area contributed by atoms with Gasteiger partial charge in [0.1, 0.15) is 12.4 Å². The van der Waals surface area contributed by atoms with Gasteiger partial charge in [-0.2, -0.15) is 0 Å². The van der Waals surface area contributed by atoms with E-state index >= 15 is 0 Å². The molecule has 1 saturated heterocycles. The van der Waals surface area contributed by atoms with E-state index in [0.29, 0.717) is 12.6 Å². The molecular weight excluding hydrogens is 296 g/mol. The zero-order valence-electron chi connectivity index (χ0n) is 14.2. The van der Waals surface area contributed by atoms with Gasteiger partial charge in [-0.05, 0) is 29.7 Å². The molecule has 0 aromatic heterocycles. The molecule has 24 heavy (non-hydrogen) atoms. The Morgan fingerprint density at radius 3 is 2.62 bits per heavy atom. The average molecular weight is 322 g/mol. The first kappa shape index (κ1) is 16.7. The summed E-state index contributed by atoms with van der Waals surface area (Å²) < 4.78 is 5.99. The monoisotopic (exact) mass is 322 g/mol. The number of ether oxygens (including phenoxy) is 1. The number of rotatable bonds is 7. The highest BCUT2D eigenvalue weighted by Crippen LogP contribution is 2.28. The molecule has 0 radical (unpaired) electrons. The van der Waals surface area contributed by atoms with Crippen LogP contribution in [0.15, 0.2) is 67.3 Å². The lowest BCUT2D eigenvalue weighted by Gasteiger charge is -2.35. The lowest BCUT2D eigenvalue weighted by Crippen LogP contribution is -2.45. The molecule has 0 saturated carbocycles. The van der Waals surface area contributed by atoms with Crippen molar-refractivity contribution in [2.24, 2.45) is 0 Å². The second-order valence-electron chi connectivity index (χ2n) is 6.17. The third-order valence-electron chi connectivity index (χ3n) is 4.47. The SMILES string of the molecule is C=CC[C@@H](c1cccc(OCc2ccccc2)c1)N1CCNCC1. The smallest absolute Gasteiger partial charge is 0.120 e. The van der Waals surface area contributed by atoms with E-state index in [1.165, 1.54) is 11.1 Å². The van der Waals surface area contributed by atoms with E-state index in [2.05, 4.69) is 47.1 Å². The van der Waals surface area contributed by atoms with Gasteiger partial charge < -0.3 is 10.1 Å². The molecule has 1 atom stereocenters. The van der Waals surface area contributed by atoms with Crippen LogP contribution in [0.2, 0.25) is 0 Å². The summed E-state index contributed by atoms with van der Waals surface area (Å²) >= 11 is 0. The Labute approximate surface area is 145 Å². The Hall–Kier alpha value is -2.10. The number of benzene rings is 2. The lowest BCUT2D eigenvalue weighted by atomic mass is 10.0. The Bertz CT molecular complexity index is 635. The zero-order valence-corrected chi connectivity index (χ0v) is 14.2. The Balaban J connectivity index is 1.71. The summed E-state index contributed by atoms with van der Waals surface area (Å²) in [7, 11) is 0. The summed E-state index contributed by atoms with van der Waals surface area (Å²) in [5, 5.41) is 3.42. The van der Waals surface area contributed by atoms with Crippen molar-refractivity contribution in [3.8, 4) is 5.75 Å². The van der Waals surface area contributed by atoms with Gasteiger partial charge in [0.05, 0.1) is 0 Å². The molecular formula is C21H26N2O. The van der Waals surface area contributed by atoms with Crippen LogP contribution in [0.4, 0.5) is 0 Å². The fraction of sp³-hybridized carbons (Fsp3) is 0.333. The normalized spacial score (nSPS) is 16.5. The van der Waals surface area contributed by atoms with E-state index in [0.717, 1.165) is 38.3 Å². The van der Waals surface area contributed by atoms with Gasteiger partial charge in [0.2, 0.25) is 0 Å². The third-order valence-corrected chi connectivity index (χ3v) is 4.47. The second-order valence-corrected chi connectivity index (χ2v) is 6.17. The van der Waals surface area contributed by atoms with E-state index in [4.69, 9.17) is 4.74 Å². The van der Waals surface area contributed by atoms with Gasteiger partial charge >= 0.3 is 0 Å². The first-order chi connectivity index (χ1) is 11.9. The molecule has 0 amide bonds. The lowest BCUT2D eigenvalue weighted by molar-refractivity contribution is 0.174. The fourth-order valence-corrected chi connectivity index (χ4v) is 3.20. The molecule has 1 aliphatic rings.